The molecule has 0 amide bonds. The molecule has 0 unspecified atom stereocenters. The number of nitrogens with zero attached hydrogens (tertiary/aromatic N) is 1. The van der Waals surface area contributed by atoms with Gasteiger partial charge in [-0.2, -0.15) is 8.42 Å². The smallest absolute Gasteiger partial charge is 0.278 e. The molecule has 66 valence electrons. The van der Waals surface area contributed by atoms with E-state index in [9.17, 15) is 13.2 Å². The minimum Gasteiger partial charge on any atom is -0.302 e. The van der Waals surface area contributed by atoms with Gasteiger partial charge in [0.15, 0.2) is 0 Å². The Kier molecular flexibility index (Phi) is 4.24. The molecule has 0 aliphatic rings. The van der Waals surface area contributed by atoms with Gasteiger partial charge in [0.1, 0.15) is 12.2 Å². The molecule has 0 saturated heterocycles. The average molecular weight is 181 g/mol. The maximum atomic E-state index is 10.3. The third kappa shape index (κ3) is 5.96. The molecule has 0 aromatic heterocycles. The maximum Gasteiger partial charge on any atom is 0.278 e. The van der Waals surface area contributed by atoms with Crippen LogP contribution in [0.5, 0.6) is 0 Å². The zero-order chi connectivity index (χ0) is 8.91. The number of rotatable bonds is 5. The van der Waals surface area contributed by atoms with E-state index in [0.29, 0.717) is 12.8 Å². The summed E-state index contributed by atoms with van der Waals surface area (Å²) in [4.78, 5) is 11.2. The number of likely N-dealkylation sites (N-methyl/N-ethyl adjacent to an activating group) is 1. The zero-order valence-corrected chi connectivity index (χ0v) is 7.04. The molecule has 0 heterocycles. The highest BCUT2D eigenvalue weighted by molar-refractivity contribution is 7.85. The van der Waals surface area contributed by atoms with Gasteiger partial charge in [0.2, 0.25) is 0 Å². The molecule has 6 heteroatoms. The first-order valence-electron chi connectivity index (χ1n) is 3.10. The van der Waals surface area contributed by atoms with Crippen LogP contribution in [-0.4, -0.2) is 43.1 Å². The molecule has 0 radical (unpaired) electrons. The van der Waals surface area contributed by atoms with E-state index in [-0.39, 0.29) is 6.54 Å². The second-order valence-corrected chi connectivity index (χ2v) is 3.47. The molecule has 0 aliphatic carbocycles. The van der Waals surface area contributed by atoms with Crippen molar-refractivity contribution in [3.63, 3.8) is 0 Å². The van der Waals surface area contributed by atoms with Gasteiger partial charge in [-0.15, -0.1) is 0 Å². The van der Waals surface area contributed by atoms with E-state index in [4.69, 9.17) is 4.55 Å². The lowest BCUT2D eigenvalue weighted by molar-refractivity contribution is -0.108. The minimum atomic E-state index is -3.99. The fraction of sp³-hybridized carbons (Fsp3) is 0.800. The fourth-order valence-electron chi connectivity index (χ4n) is 0.609. The molecule has 0 rings (SSSR count). The summed E-state index contributed by atoms with van der Waals surface area (Å²) in [6.45, 7) is 2.14. The highest BCUT2D eigenvalue weighted by Gasteiger charge is 2.10. The minimum absolute atomic E-state index is 0.0241. The third-order valence-electron chi connectivity index (χ3n) is 1.13. The molecule has 0 fully saturated rings. The first-order valence-corrected chi connectivity index (χ1v) is 4.71. The van der Waals surface area contributed by atoms with Gasteiger partial charge in [-0.1, -0.05) is 6.92 Å². The molecule has 0 spiro atoms. The van der Waals surface area contributed by atoms with E-state index in [0.717, 1.165) is 0 Å². The van der Waals surface area contributed by atoms with Crippen LogP contribution in [0.25, 0.3) is 0 Å². The number of carbonyl (C=O) groups excluding carboxylic acids is 1. The first-order chi connectivity index (χ1) is 4.99. The molecule has 0 aromatic rings. The molecule has 0 atom stereocenters. The molecule has 0 aliphatic heterocycles. The van der Waals surface area contributed by atoms with Crippen molar-refractivity contribution in [2.24, 2.45) is 0 Å². The summed E-state index contributed by atoms with van der Waals surface area (Å²) in [6, 6.07) is 0. The van der Waals surface area contributed by atoms with Gasteiger partial charge >= 0.3 is 0 Å². The summed E-state index contributed by atoms with van der Waals surface area (Å²) in [6.07, 6.45) is 0.592. The largest absolute Gasteiger partial charge is 0.302 e. The lowest BCUT2D eigenvalue weighted by atomic mass is 10.6. The Morgan fingerprint density at radius 1 is 1.55 bits per heavy atom. The first kappa shape index (κ1) is 10.5. The summed E-state index contributed by atoms with van der Waals surface area (Å²) in [5.41, 5.74) is 0. The van der Waals surface area contributed by atoms with Crippen LogP contribution in [0.2, 0.25) is 0 Å². The molecule has 0 saturated carbocycles. The normalized spacial score (nSPS) is 11.9. The van der Waals surface area contributed by atoms with Crippen LogP contribution in [0.3, 0.4) is 0 Å². The van der Waals surface area contributed by atoms with E-state index in [1.807, 2.05) is 0 Å². The molecule has 0 bridgehead atoms. The number of aldehydes is 1. The molecular formula is C5H11NO4S. The monoisotopic (exact) mass is 181 g/mol. The van der Waals surface area contributed by atoms with Gasteiger partial charge in [0.25, 0.3) is 10.1 Å². The topological polar surface area (TPSA) is 74.7 Å². The molecule has 1 N–H and O–H groups in total. The van der Waals surface area contributed by atoms with Crippen LogP contribution < -0.4 is 0 Å². The highest BCUT2D eigenvalue weighted by Crippen LogP contribution is 1.90. The summed E-state index contributed by atoms with van der Waals surface area (Å²) < 4.78 is 28.9. The fourth-order valence-corrected chi connectivity index (χ4v) is 1.36. The van der Waals surface area contributed by atoms with Crippen molar-refractivity contribution in [1.29, 1.82) is 0 Å². The number of hydrogen-bond acceptors (Lipinski definition) is 4. The summed E-state index contributed by atoms with van der Waals surface area (Å²) in [5, 5.41) is 0. The molecular weight excluding hydrogens is 170 g/mol. The standard InChI is InChI=1S/C5H11NO4S/c1-2-6(3-4-7)5-11(8,9)10/h4H,2-3,5H2,1H3,(H,8,9,10). The summed E-state index contributed by atoms with van der Waals surface area (Å²) in [7, 11) is -3.99. The Morgan fingerprint density at radius 3 is 2.36 bits per heavy atom. The van der Waals surface area contributed by atoms with Crippen LogP contribution in [0.4, 0.5) is 0 Å². The van der Waals surface area contributed by atoms with E-state index in [1.54, 1.807) is 6.92 Å². The lowest BCUT2D eigenvalue weighted by Crippen LogP contribution is -2.30. The van der Waals surface area contributed by atoms with Crippen LogP contribution in [0.15, 0.2) is 0 Å². The molecule has 11 heavy (non-hydrogen) atoms. The van der Waals surface area contributed by atoms with Gasteiger partial charge in [-0.05, 0) is 6.54 Å². The van der Waals surface area contributed by atoms with Crippen molar-refractivity contribution >= 4 is 16.4 Å². The van der Waals surface area contributed by atoms with E-state index in [1.165, 1.54) is 4.90 Å². The zero-order valence-electron chi connectivity index (χ0n) is 6.23. The van der Waals surface area contributed by atoms with Crippen LogP contribution in [-0.2, 0) is 14.9 Å². The van der Waals surface area contributed by atoms with E-state index >= 15 is 0 Å². The quantitative estimate of drug-likeness (QED) is 0.450. The number of hydrogen-bond donors (Lipinski definition) is 1. The molecule has 0 aromatic carbocycles. The average Bonchev–Trinajstić information content (AvgIpc) is 1.84. The summed E-state index contributed by atoms with van der Waals surface area (Å²) >= 11 is 0. The predicted molar refractivity (Wildman–Crippen MR) is 39.7 cm³/mol. The van der Waals surface area contributed by atoms with Crippen LogP contribution >= 0.6 is 0 Å². The van der Waals surface area contributed by atoms with Crippen molar-refractivity contribution < 1.29 is 17.8 Å². The Labute approximate surface area is 65.7 Å². The van der Waals surface area contributed by atoms with E-state index in [2.05, 4.69) is 0 Å². The lowest BCUT2D eigenvalue weighted by Gasteiger charge is -2.13. The SMILES string of the molecule is CCN(CC=O)CS(=O)(=O)O. The van der Waals surface area contributed by atoms with Crippen molar-refractivity contribution in [2.45, 2.75) is 6.92 Å². The van der Waals surface area contributed by atoms with Gasteiger partial charge in [-0.3, -0.25) is 9.45 Å². The molecule has 5 nitrogen and oxygen atoms in total. The number of carbonyl (C=O) groups is 1. The van der Waals surface area contributed by atoms with Gasteiger partial charge in [0, 0.05) is 0 Å². The highest BCUT2D eigenvalue weighted by atomic mass is 32.2. The predicted octanol–water partition coefficient (Wildman–Crippen LogP) is -0.647. The third-order valence-corrected chi connectivity index (χ3v) is 1.82. The second-order valence-electron chi connectivity index (χ2n) is 2.05. The maximum absolute atomic E-state index is 10.3. The van der Waals surface area contributed by atoms with Gasteiger partial charge < -0.3 is 4.79 Å². The Morgan fingerprint density at radius 2 is 2.09 bits per heavy atom. The Bertz CT molecular complexity index is 211. The second kappa shape index (κ2) is 4.42. The van der Waals surface area contributed by atoms with Crippen molar-refractivity contribution in [3.8, 4) is 0 Å². The van der Waals surface area contributed by atoms with Gasteiger partial charge in [0.05, 0.1) is 6.54 Å². The van der Waals surface area contributed by atoms with Crippen molar-refractivity contribution in [2.75, 3.05) is 19.0 Å². The van der Waals surface area contributed by atoms with Crippen molar-refractivity contribution in [1.82, 2.24) is 4.90 Å². The summed E-state index contributed by atoms with van der Waals surface area (Å²) in [5.74, 6) is -0.484. The van der Waals surface area contributed by atoms with E-state index < -0.39 is 16.0 Å². The Hall–Kier alpha value is -0.460. The Balaban J connectivity index is 3.98. The van der Waals surface area contributed by atoms with Crippen LogP contribution in [0.1, 0.15) is 6.92 Å². The van der Waals surface area contributed by atoms with Gasteiger partial charge in [-0.25, -0.2) is 0 Å². The van der Waals surface area contributed by atoms with Crippen molar-refractivity contribution in [3.05, 3.63) is 0 Å². The van der Waals surface area contributed by atoms with Crippen LogP contribution in [0, 0.1) is 0 Å².